The number of nitrogens with zero attached hydrogens (tertiary/aromatic N) is 1. The summed E-state index contributed by atoms with van der Waals surface area (Å²) in [6.07, 6.45) is 1.90. The van der Waals surface area contributed by atoms with Crippen molar-refractivity contribution in [3.8, 4) is 5.75 Å². The standard InChI is InChI=1S/C19H23N3O3/c1-3-5-13-20-18(23)15-10-8-11-16(21-15)19(24)22-14-9-6-7-12-17(14)25-4-2/h6-12H,3-5,13H2,1-2H3,(H,20,23)(H,22,24). The third-order valence-electron chi connectivity index (χ3n) is 3.47. The highest BCUT2D eigenvalue weighted by Crippen LogP contribution is 2.24. The van der Waals surface area contributed by atoms with Crippen LogP contribution in [0.1, 0.15) is 47.7 Å². The average Bonchev–Trinajstić information content (AvgIpc) is 2.64. The summed E-state index contributed by atoms with van der Waals surface area (Å²) in [5.74, 6) is -0.0833. The van der Waals surface area contributed by atoms with E-state index in [1.807, 2.05) is 19.1 Å². The molecule has 6 nitrogen and oxygen atoms in total. The molecule has 0 unspecified atom stereocenters. The Kier molecular flexibility index (Phi) is 6.95. The van der Waals surface area contributed by atoms with E-state index < -0.39 is 5.91 Å². The van der Waals surface area contributed by atoms with E-state index in [4.69, 9.17) is 4.74 Å². The van der Waals surface area contributed by atoms with Gasteiger partial charge in [0, 0.05) is 6.54 Å². The highest BCUT2D eigenvalue weighted by atomic mass is 16.5. The molecule has 0 bridgehead atoms. The molecule has 1 heterocycles. The Balaban J connectivity index is 2.10. The topological polar surface area (TPSA) is 80.3 Å². The number of ether oxygens (including phenoxy) is 1. The number of carbonyl (C=O) groups is 2. The lowest BCUT2D eigenvalue weighted by molar-refractivity contribution is 0.0948. The fourth-order valence-electron chi connectivity index (χ4n) is 2.19. The van der Waals surface area contributed by atoms with E-state index in [-0.39, 0.29) is 17.3 Å². The van der Waals surface area contributed by atoms with Crippen molar-refractivity contribution in [3.63, 3.8) is 0 Å². The van der Waals surface area contributed by atoms with Gasteiger partial charge in [0.25, 0.3) is 11.8 Å². The predicted molar refractivity (Wildman–Crippen MR) is 97.0 cm³/mol. The summed E-state index contributed by atoms with van der Waals surface area (Å²) in [7, 11) is 0. The number of anilines is 1. The number of pyridine rings is 1. The fourth-order valence-corrected chi connectivity index (χ4v) is 2.19. The zero-order chi connectivity index (χ0) is 18.1. The number of aromatic nitrogens is 1. The number of hydrogen-bond donors (Lipinski definition) is 2. The molecule has 25 heavy (non-hydrogen) atoms. The molecule has 0 aliphatic rings. The van der Waals surface area contributed by atoms with Gasteiger partial charge in [0.2, 0.25) is 0 Å². The molecule has 0 fully saturated rings. The summed E-state index contributed by atoms with van der Waals surface area (Å²) >= 11 is 0. The first-order valence-electron chi connectivity index (χ1n) is 8.44. The molecule has 0 radical (unpaired) electrons. The number of unbranched alkanes of at least 4 members (excludes halogenated alkanes) is 1. The van der Waals surface area contributed by atoms with E-state index >= 15 is 0 Å². The quantitative estimate of drug-likeness (QED) is 0.722. The van der Waals surface area contributed by atoms with Crippen molar-refractivity contribution < 1.29 is 14.3 Å². The minimum atomic E-state index is -0.393. The molecule has 6 heteroatoms. The largest absolute Gasteiger partial charge is 0.492 e. The Morgan fingerprint density at radius 1 is 1.00 bits per heavy atom. The maximum absolute atomic E-state index is 12.4. The molecule has 1 aromatic heterocycles. The van der Waals surface area contributed by atoms with E-state index in [0.29, 0.717) is 24.6 Å². The van der Waals surface area contributed by atoms with Crippen LogP contribution < -0.4 is 15.4 Å². The van der Waals surface area contributed by atoms with Crippen LogP contribution in [-0.2, 0) is 0 Å². The zero-order valence-corrected chi connectivity index (χ0v) is 14.5. The smallest absolute Gasteiger partial charge is 0.274 e. The summed E-state index contributed by atoms with van der Waals surface area (Å²) < 4.78 is 5.49. The maximum Gasteiger partial charge on any atom is 0.274 e. The molecule has 132 valence electrons. The molecule has 0 atom stereocenters. The van der Waals surface area contributed by atoms with Crippen LogP contribution >= 0.6 is 0 Å². The van der Waals surface area contributed by atoms with Gasteiger partial charge in [0.05, 0.1) is 12.3 Å². The second-order valence-corrected chi connectivity index (χ2v) is 5.40. The van der Waals surface area contributed by atoms with E-state index in [1.165, 1.54) is 0 Å². The van der Waals surface area contributed by atoms with E-state index in [9.17, 15) is 9.59 Å². The van der Waals surface area contributed by atoms with Crippen molar-refractivity contribution in [3.05, 3.63) is 53.9 Å². The average molecular weight is 341 g/mol. The number of para-hydroxylation sites is 2. The van der Waals surface area contributed by atoms with Crippen molar-refractivity contribution in [1.82, 2.24) is 10.3 Å². The van der Waals surface area contributed by atoms with E-state index in [0.717, 1.165) is 12.8 Å². The molecule has 2 N–H and O–H groups in total. The lowest BCUT2D eigenvalue weighted by Gasteiger charge is -2.11. The third-order valence-corrected chi connectivity index (χ3v) is 3.47. The maximum atomic E-state index is 12.4. The van der Waals surface area contributed by atoms with Crippen LogP contribution in [0.5, 0.6) is 5.75 Å². The molecule has 0 aliphatic carbocycles. The third kappa shape index (κ3) is 5.31. The molecule has 2 amide bonds. The lowest BCUT2D eigenvalue weighted by Crippen LogP contribution is -2.26. The van der Waals surface area contributed by atoms with Crippen molar-refractivity contribution in [2.75, 3.05) is 18.5 Å². The molecular weight excluding hydrogens is 318 g/mol. The summed E-state index contributed by atoms with van der Waals surface area (Å²) in [6.45, 7) is 5.02. The molecule has 0 saturated carbocycles. The van der Waals surface area contributed by atoms with E-state index in [2.05, 4.69) is 22.5 Å². The predicted octanol–water partition coefficient (Wildman–Crippen LogP) is 3.26. The van der Waals surface area contributed by atoms with Gasteiger partial charge >= 0.3 is 0 Å². The highest BCUT2D eigenvalue weighted by molar-refractivity contribution is 6.04. The van der Waals surface area contributed by atoms with Crippen LogP contribution in [0.15, 0.2) is 42.5 Å². The van der Waals surface area contributed by atoms with Gasteiger partial charge in [-0.2, -0.15) is 0 Å². The fraction of sp³-hybridized carbons (Fsp3) is 0.316. The second-order valence-electron chi connectivity index (χ2n) is 5.40. The van der Waals surface area contributed by atoms with Gasteiger partial charge in [-0.1, -0.05) is 31.5 Å². The van der Waals surface area contributed by atoms with Crippen LogP contribution in [0, 0.1) is 0 Å². The van der Waals surface area contributed by atoms with Crippen molar-refractivity contribution in [2.45, 2.75) is 26.7 Å². The van der Waals surface area contributed by atoms with Gasteiger partial charge in [-0.3, -0.25) is 9.59 Å². The summed E-state index contributed by atoms with van der Waals surface area (Å²) in [5.41, 5.74) is 0.963. The molecule has 0 saturated heterocycles. The number of nitrogens with one attached hydrogen (secondary N) is 2. The SMILES string of the molecule is CCCCNC(=O)c1cccc(C(=O)Nc2ccccc2OCC)n1. The number of benzene rings is 1. The Bertz CT molecular complexity index is 731. The minimum absolute atomic E-state index is 0.175. The van der Waals surface area contributed by atoms with Crippen molar-refractivity contribution in [1.29, 1.82) is 0 Å². The minimum Gasteiger partial charge on any atom is -0.492 e. The van der Waals surface area contributed by atoms with Crippen LogP contribution in [-0.4, -0.2) is 29.9 Å². The van der Waals surface area contributed by atoms with Crippen molar-refractivity contribution in [2.24, 2.45) is 0 Å². The Labute approximate surface area is 147 Å². The van der Waals surface area contributed by atoms with Crippen LogP contribution in [0.2, 0.25) is 0 Å². The van der Waals surface area contributed by atoms with Crippen LogP contribution in [0.4, 0.5) is 5.69 Å². The summed E-state index contributed by atoms with van der Waals surface area (Å²) in [6, 6.07) is 12.0. The highest BCUT2D eigenvalue weighted by Gasteiger charge is 2.14. The lowest BCUT2D eigenvalue weighted by atomic mass is 10.2. The zero-order valence-electron chi connectivity index (χ0n) is 14.5. The molecule has 0 spiro atoms. The number of hydrogen-bond acceptors (Lipinski definition) is 4. The summed E-state index contributed by atoms with van der Waals surface area (Å²) in [4.78, 5) is 28.7. The Hall–Kier alpha value is -2.89. The number of carbonyl (C=O) groups excluding carboxylic acids is 2. The van der Waals surface area contributed by atoms with Crippen molar-refractivity contribution >= 4 is 17.5 Å². The Morgan fingerprint density at radius 2 is 1.72 bits per heavy atom. The molecule has 0 aliphatic heterocycles. The van der Waals surface area contributed by atoms with Gasteiger partial charge in [0.1, 0.15) is 17.1 Å². The second kappa shape index (κ2) is 9.42. The summed E-state index contributed by atoms with van der Waals surface area (Å²) in [5, 5.41) is 5.56. The van der Waals surface area contributed by atoms with Gasteiger partial charge < -0.3 is 15.4 Å². The number of rotatable bonds is 8. The van der Waals surface area contributed by atoms with Gasteiger partial charge in [-0.25, -0.2) is 4.98 Å². The molecule has 2 rings (SSSR count). The monoisotopic (exact) mass is 341 g/mol. The molecule has 1 aromatic carbocycles. The van der Waals surface area contributed by atoms with Crippen LogP contribution in [0.3, 0.4) is 0 Å². The first-order chi connectivity index (χ1) is 12.2. The normalized spacial score (nSPS) is 10.2. The molecule has 2 aromatic rings. The van der Waals surface area contributed by atoms with Crippen LogP contribution in [0.25, 0.3) is 0 Å². The first kappa shape index (κ1) is 18.4. The first-order valence-corrected chi connectivity index (χ1v) is 8.44. The number of amides is 2. The van der Waals surface area contributed by atoms with Gasteiger partial charge in [-0.05, 0) is 37.6 Å². The van der Waals surface area contributed by atoms with E-state index in [1.54, 1.807) is 30.3 Å². The molecular formula is C19H23N3O3. The Morgan fingerprint density at radius 3 is 2.44 bits per heavy atom. The van der Waals surface area contributed by atoms with Gasteiger partial charge in [-0.15, -0.1) is 0 Å². The van der Waals surface area contributed by atoms with Gasteiger partial charge in [0.15, 0.2) is 0 Å².